The van der Waals surface area contributed by atoms with E-state index in [0.29, 0.717) is 57.6 Å². The van der Waals surface area contributed by atoms with Crippen LogP contribution in [-0.4, -0.2) is 23.6 Å². The number of allylic oxidation sites excluding steroid dienone is 8. The summed E-state index contributed by atoms with van der Waals surface area (Å²) in [5, 5.41) is 0. The van der Waals surface area contributed by atoms with Crippen LogP contribution in [0.2, 0.25) is 0 Å². The van der Waals surface area contributed by atoms with Gasteiger partial charge in [-0.25, -0.2) is 9.80 Å². The predicted octanol–water partition coefficient (Wildman–Crippen LogP) is 8.46. The van der Waals surface area contributed by atoms with Crippen molar-refractivity contribution in [3.63, 3.8) is 0 Å². The van der Waals surface area contributed by atoms with E-state index in [1.807, 2.05) is 103 Å². The van der Waals surface area contributed by atoms with Crippen LogP contribution in [0.15, 0.2) is 101 Å². The zero-order valence-corrected chi connectivity index (χ0v) is 28.9. The summed E-state index contributed by atoms with van der Waals surface area (Å²) in [4.78, 5) is 59.5. The molecule has 2 aliphatic carbocycles. The zero-order chi connectivity index (χ0) is 34.9. The van der Waals surface area contributed by atoms with Gasteiger partial charge in [0.15, 0.2) is 0 Å². The molecule has 49 heavy (non-hydrogen) atoms. The Morgan fingerprint density at radius 1 is 0.694 bits per heavy atom. The van der Waals surface area contributed by atoms with Gasteiger partial charge in [0.1, 0.15) is 0 Å². The zero-order valence-electron chi connectivity index (χ0n) is 28.9. The molecule has 244 valence electrons. The van der Waals surface area contributed by atoms with Gasteiger partial charge in [0.25, 0.3) is 23.6 Å². The first kappa shape index (κ1) is 32.0. The van der Waals surface area contributed by atoms with Gasteiger partial charge in [-0.15, -0.1) is 0 Å². The lowest BCUT2D eigenvalue weighted by Crippen LogP contribution is -2.44. The molecule has 0 atom stereocenters. The summed E-state index contributed by atoms with van der Waals surface area (Å²) in [6.07, 6.45) is 12.2. The molecule has 0 bridgehead atoms. The molecule has 0 spiro atoms. The summed E-state index contributed by atoms with van der Waals surface area (Å²) < 4.78 is 0. The Morgan fingerprint density at radius 2 is 1.39 bits per heavy atom. The van der Waals surface area contributed by atoms with Gasteiger partial charge in [0.2, 0.25) is 0 Å². The highest BCUT2D eigenvalue weighted by Crippen LogP contribution is 2.44. The average Bonchev–Trinajstić information content (AvgIpc) is 3.23. The lowest BCUT2D eigenvalue weighted by Gasteiger charge is -2.33. The highest BCUT2D eigenvalue weighted by Gasteiger charge is 2.41. The molecule has 6 nitrogen and oxygen atoms in total. The lowest BCUT2D eigenvalue weighted by molar-refractivity contribution is -0.123. The predicted molar refractivity (Wildman–Crippen MR) is 195 cm³/mol. The minimum Gasteiger partial charge on any atom is -0.268 e. The van der Waals surface area contributed by atoms with Crippen molar-refractivity contribution in [1.29, 1.82) is 0 Å². The van der Waals surface area contributed by atoms with Crippen molar-refractivity contribution in [2.75, 3.05) is 9.80 Å². The molecule has 0 aromatic heterocycles. The second kappa shape index (κ2) is 11.8. The van der Waals surface area contributed by atoms with E-state index in [1.165, 1.54) is 9.80 Å². The molecule has 3 aromatic carbocycles. The summed E-state index contributed by atoms with van der Waals surface area (Å²) in [7, 11) is 0. The van der Waals surface area contributed by atoms with Crippen LogP contribution < -0.4 is 9.80 Å². The number of rotatable bonds is 2. The number of carbonyl (C=O) groups is 4. The Balaban J connectivity index is 1.40. The Kier molecular flexibility index (Phi) is 7.70. The molecular formula is C43H38N2O4. The highest BCUT2D eigenvalue weighted by molar-refractivity contribution is 6.42. The van der Waals surface area contributed by atoms with Gasteiger partial charge in [-0.3, -0.25) is 19.2 Å². The number of nitrogens with zero attached hydrogens (tertiary/aromatic N) is 2. The second-order valence-electron chi connectivity index (χ2n) is 13.5. The quantitative estimate of drug-likeness (QED) is 0.207. The van der Waals surface area contributed by atoms with Gasteiger partial charge < -0.3 is 0 Å². The lowest BCUT2D eigenvalue weighted by atomic mass is 9.80. The maximum atomic E-state index is 14.3. The van der Waals surface area contributed by atoms with Gasteiger partial charge in [-0.2, -0.15) is 0 Å². The molecule has 0 radical (unpaired) electrons. The number of fused-ring (bicyclic) bond motifs is 1. The molecule has 0 N–H and O–H groups in total. The Bertz CT molecular complexity index is 2250. The van der Waals surface area contributed by atoms with Gasteiger partial charge >= 0.3 is 0 Å². The van der Waals surface area contributed by atoms with E-state index < -0.39 is 0 Å². The van der Waals surface area contributed by atoms with E-state index in [-0.39, 0.29) is 23.6 Å². The van der Waals surface area contributed by atoms with Crippen molar-refractivity contribution >= 4 is 46.1 Å². The number of hydrogen-bond donors (Lipinski definition) is 0. The first-order valence-electron chi connectivity index (χ1n) is 16.7. The summed E-state index contributed by atoms with van der Waals surface area (Å²) in [5.41, 5.74) is 12.6. The molecular weight excluding hydrogens is 608 g/mol. The smallest absolute Gasteiger partial charge is 0.265 e. The fourth-order valence-electron chi connectivity index (χ4n) is 7.75. The van der Waals surface area contributed by atoms with Gasteiger partial charge in [-0.1, -0.05) is 54.2 Å². The Morgan fingerprint density at radius 3 is 2.10 bits per heavy atom. The molecule has 2 aliphatic heterocycles. The SMILES string of the molecule is C/C=C1C(=O)N(c2cc(C)cc(C)c2)C(=O)/C2=C/C=C/C3=CCC=C4C(=O)N(c5cc(C)cc(C)c5C)C(=O)c5ccc(c3c54)C\C(C)=C/12. The molecule has 6 heteroatoms. The minimum atomic E-state index is -0.373. The molecule has 2 heterocycles. The topological polar surface area (TPSA) is 74.8 Å². The number of anilines is 2. The molecule has 3 aromatic rings. The third-order valence-corrected chi connectivity index (χ3v) is 9.98. The van der Waals surface area contributed by atoms with E-state index in [4.69, 9.17) is 0 Å². The summed E-state index contributed by atoms with van der Waals surface area (Å²) in [6.45, 7) is 13.6. The first-order chi connectivity index (χ1) is 23.4. The molecule has 0 saturated carbocycles. The molecule has 1 fully saturated rings. The Labute approximate surface area is 287 Å². The molecule has 1 saturated heterocycles. The van der Waals surface area contributed by atoms with E-state index in [2.05, 4.69) is 12.1 Å². The molecule has 4 amide bonds. The van der Waals surface area contributed by atoms with E-state index in [9.17, 15) is 19.2 Å². The second-order valence-corrected chi connectivity index (χ2v) is 13.5. The summed E-state index contributed by atoms with van der Waals surface area (Å²) >= 11 is 0. The highest BCUT2D eigenvalue weighted by atomic mass is 16.2. The third kappa shape index (κ3) is 5.02. The van der Waals surface area contributed by atoms with Gasteiger partial charge in [0, 0.05) is 27.8 Å². The number of carbonyl (C=O) groups excluding carboxylic acids is 4. The number of aryl methyl sites for hydroxylation is 4. The van der Waals surface area contributed by atoms with Crippen LogP contribution in [0.4, 0.5) is 11.4 Å². The van der Waals surface area contributed by atoms with Crippen molar-refractivity contribution < 1.29 is 19.2 Å². The first-order valence-corrected chi connectivity index (χ1v) is 16.7. The molecule has 0 unspecified atom stereocenters. The van der Waals surface area contributed by atoms with E-state index >= 15 is 0 Å². The van der Waals surface area contributed by atoms with Crippen LogP contribution in [0.25, 0.3) is 11.1 Å². The third-order valence-electron chi connectivity index (χ3n) is 9.98. The fourth-order valence-corrected chi connectivity index (χ4v) is 7.75. The number of amides is 4. The van der Waals surface area contributed by atoms with Crippen LogP contribution in [0.1, 0.15) is 75.1 Å². The summed E-state index contributed by atoms with van der Waals surface area (Å²) in [5.74, 6) is -1.42. The maximum Gasteiger partial charge on any atom is 0.265 e. The number of piperidine rings is 1. The Hall–Kier alpha value is -5.62. The van der Waals surface area contributed by atoms with E-state index in [1.54, 1.807) is 12.2 Å². The van der Waals surface area contributed by atoms with Crippen LogP contribution in [0.5, 0.6) is 0 Å². The van der Waals surface area contributed by atoms with Crippen LogP contribution in [0, 0.1) is 34.6 Å². The monoisotopic (exact) mass is 646 g/mol. The molecule has 7 rings (SSSR count). The minimum absolute atomic E-state index is 0.335. The largest absolute Gasteiger partial charge is 0.268 e. The summed E-state index contributed by atoms with van der Waals surface area (Å²) in [6, 6.07) is 13.5. The van der Waals surface area contributed by atoms with Crippen molar-refractivity contribution in [3.8, 4) is 0 Å². The van der Waals surface area contributed by atoms with Crippen molar-refractivity contribution in [2.45, 2.75) is 61.3 Å². The van der Waals surface area contributed by atoms with E-state index in [0.717, 1.165) is 50.1 Å². The normalized spacial score (nSPS) is 21.4. The van der Waals surface area contributed by atoms with Crippen LogP contribution >= 0.6 is 0 Å². The van der Waals surface area contributed by atoms with Crippen LogP contribution in [-0.2, 0) is 20.8 Å². The maximum absolute atomic E-state index is 14.3. The standard InChI is InChI=1S/C43H38N2O4/c1-8-32-37-27(6)22-30-15-16-35-39-34(42(48)45(43(35)49)36-21-25(4)18-26(5)28(36)7)14-10-12-29(38(30)39)11-9-13-33(37)41(47)44(40(32)46)31-19-23(2)17-24(3)20-31/h8-9,11-21H,10,22H2,1-7H3/b11-9+,32-8+,33-13+,37-27+. The van der Waals surface area contributed by atoms with Gasteiger partial charge in [0.05, 0.1) is 11.4 Å². The fraction of sp³-hybridized carbons (Fsp3) is 0.209. The van der Waals surface area contributed by atoms with Crippen molar-refractivity contribution in [2.24, 2.45) is 0 Å². The van der Waals surface area contributed by atoms with Gasteiger partial charge in [-0.05, 0) is 142 Å². The number of hydrogen-bond acceptors (Lipinski definition) is 4. The van der Waals surface area contributed by atoms with Crippen molar-refractivity contribution in [1.82, 2.24) is 0 Å². The number of benzene rings is 3. The van der Waals surface area contributed by atoms with Crippen molar-refractivity contribution in [3.05, 3.63) is 151 Å². The molecule has 4 aliphatic rings. The average molecular weight is 647 g/mol. The number of imide groups is 2. The van der Waals surface area contributed by atoms with Crippen LogP contribution in [0.3, 0.4) is 0 Å².